The lowest BCUT2D eigenvalue weighted by Gasteiger charge is -2.21. The van der Waals surface area contributed by atoms with Crippen LogP contribution in [0.2, 0.25) is 0 Å². The maximum absolute atomic E-state index is 11.7. The average molecular weight is 306 g/mol. The van der Waals surface area contributed by atoms with Crippen molar-refractivity contribution in [2.45, 2.75) is 39.2 Å². The number of carbonyl (C=O) groups excluding carboxylic acids is 1. The lowest BCUT2D eigenvalue weighted by atomic mass is 9.97. The fourth-order valence-electron chi connectivity index (χ4n) is 2.48. The Hall–Kier alpha value is -1.75. The highest BCUT2D eigenvalue weighted by Gasteiger charge is 2.18. The van der Waals surface area contributed by atoms with E-state index < -0.39 is 11.7 Å². The molecule has 0 saturated heterocycles. The van der Waals surface area contributed by atoms with Crippen molar-refractivity contribution in [2.75, 3.05) is 19.7 Å². The Bertz CT molecular complexity index is 523. The van der Waals surface area contributed by atoms with Crippen LogP contribution in [0, 0.1) is 5.92 Å². The fraction of sp³-hybridized carbons (Fsp3) is 0.588. The monoisotopic (exact) mass is 306 g/mol. The minimum absolute atomic E-state index is 0.188. The number of nitrogens with one attached hydrogen (secondary N) is 1. The van der Waals surface area contributed by atoms with Crippen molar-refractivity contribution in [1.29, 1.82) is 0 Å². The highest BCUT2D eigenvalue weighted by Crippen LogP contribution is 2.26. The predicted octanol–water partition coefficient (Wildman–Crippen LogP) is 2.26. The molecule has 0 radical (unpaired) electrons. The molecule has 2 rings (SSSR count). The number of amides is 1. The van der Waals surface area contributed by atoms with Crippen molar-refractivity contribution in [3.8, 4) is 5.75 Å². The molecule has 0 spiro atoms. The van der Waals surface area contributed by atoms with Gasteiger partial charge in [0.15, 0.2) is 0 Å². The van der Waals surface area contributed by atoms with E-state index in [2.05, 4.69) is 17.4 Å². The average Bonchev–Trinajstić information content (AvgIpc) is 2.88. The molecule has 3 N–H and O–H groups in total. The van der Waals surface area contributed by atoms with Gasteiger partial charge in [0.25, 0.3) is 0 Å². The molecule has 1 heterocycles. The molecular formula is C17H26N2O3. The minimum Gasteiger partial charge on any atom is -0.493 e. The molecule has 0 aromatic heterocycles. The van der Waals surface area contributed by atoms with Crippen molar-refractivity contribution in [1.82, 2.24) is 5.32 Å². The summed E-state index contributed by atoms with van der Waals surface area (Å²) in [4.78, 5) is 11.7. The van der Waals surface area contributed by atoms with Gasteiger partial charge in [0.05, 0.1) is 6.61 Å². The first-order valence-electron chi connectivity index (χ1n) is 7.79. The van der Waals surface area contributed by atoms with E-state index in [1.54, 1.807) is 0 Å². The summed E-state index contributed by atoms with van der Waals surface area (Å²) in [6.07, 6.45) is 1.40. The van der Waals surface area contributed by atoms with Gasteiger partial charge in [-0.3, -0.25) is 0 Å². The van der Waals surface area contributed by atoms with Crippen LogP contribution in [0.4, 0.5) is 4.79 Å². The molecule has 122 valence electrons. The van der Waals surface area contributed by atoms with Crippen molar-refractivity contribution >= 4 is 6.09 Å². The molecule has 1 unspecified atom stereocenters. The van der Waals surface area contributed by atoms with Gasteiger partial charge in [0.1, 0.15) is 11.4 Å². The van der Waals surface area contributed by atoms with Crippen LogP contribution < -0.4 is 15.8 Å². The van der Waals surface area contributed by atoms with E-state index in [0.29, 0.717) is 13.1 Å². The van der Waals surface area contributed by atoms with E-state index in [-0.39, 0.29) is 5.92 Å². The lowest BCUT2D eigenvalue weighted by molar-refractivity contribution is 0.0520. The van der Waals surface area contributed by atoms with Crippen LogP contribution >= 0.6 is 0 Å². The Morgan fingerprint density at radius 1 is 1.45 bits per heavy atom. The Labute approximate surface area is 132 Å². The molecule has 5 heteroatoms. The van der Waals surface area contributed by atoms with Crippen molar-refractivity contribution < 1.29 is 14.3 Å². The van der Waals surface area contributed by atoms with Crippen LogP contribution in [-0.2, 0) is 17.6 Å². The maximum atomic E-state index is 11.7. The Morgan fingerprint density at radius 3 is 2.91 bits per heavy atom. The third-order valence-corrected chi connectivity index (χ3v) is 3.55. The fourth-order valence-corrected chi connectivity index (χ4v) is 2.48. The maximum Gasteiger partial charge on any atom is 0.407 e. The first kappa shape index (κ1) is 16.6. The zero-order chi connectivity index (χ0) is 16.2. The quantitative estimate of drug-likeness (QED) is 0.875. The molecule has 1 atom stereocenters. The molecule has 1 aliphatic rings. The third kappa shape index (κ3) is 4.91. The second-order valence-corrected chi connectivity index (χ2v) is 6.73. The van der Waals surface area contributed by atoms with Crippen LogP contribution in [0.3, 0.4) is 0 Å². The van der Waals surface area contributed by atoms with Crippen LogP contribution in [0.5, 0.6) is 5.75 Å². The zero-order valence-electron chi connectivity index (χ0n) is 13.6. The van der Waals surface area contributed by atoms with Crippen molar-refractivity contribution in [3.05, 3.63) is 29.3 Å². The van der Waals surface area contributed by atoms with Gasteiger partial charge >= 0.3 is 6.09 Å². The van der Waals surface area contributed by atoms with Gasteiger partial charge in [-0.1, -0.05) is 12.1 Å². The number of alkyl carbamates (subject to hydrolysis) is 1. The molecule has 1 aliphatic heterocycles. The Kier molecular flexibility index (Phi) is 5.29. The molecule has 0 fully saturated rings. The SMILES string of the molecule is CC(C)(C)OC(=O)NCC(CN)Cc1ccc2c(c1)CCO2. The molecule has 5 nitrogen and oxygen atoms in total. The predicted molar refractivity (Wildman–Crippen MR) is 86.1 cm³/mol. The first-order valence-corrected chi connectivity index (χ1v) is 7.79. The van der Waals surface area contributed by atoms with E-state index in [9.17, 15) is 4.79 Å². The van der Waals surface area contributed by atoms with Gasteiger partial charge in [-0.2, -0.15) is 0 Å². The number of rotatable bonds is 5. The van der Waals surface area contributed by atoms with Gasteiger partial charge in [-0.05, 0) is 56.8 Å². The van der Waals surface area contributed by atoms with E-state index in [1.807, 2.05) is 26.8 Å². The van der Waals surface area contributed by atoms with Crippen molar-refractivity contribution in [3.63, 3.8) is 0 Å². The Balaban J connectivity index is 1.86. The molecule has 1 aromatic rings. The van der Waals surface area contributed by atoms with Crippen LogP contribution in [0.1, 0.15) is 31.9 Å². The van der Waals surface area contributed by atoms with Gasteiger partial charge in [0.2, 0.25) is 0 Å². The first-order chi connectivity index (χ1) is 10.4. The lowest BCUT2D eigenvalue weighted by Crippen LogP contribution is -2.37. The van der Waals surface area contributed by atoms with Crippen molar-refractivity contribution in [2.24, 2.45) is 11.7 Å². The number of carbonyl (C=O) groups is 1. The number of benzene rings is 1. The highest BCUT2D eigenvalue weighted by atomic mass is 16.6. The molecule has 1 aromatic carbocycles. The molecule has 1 amide bonds. The second kappa shape index (κ2) is 7.01. The summed E-state index contributed by atoms with van der Waals surface area (Å²) in [7, 11) is 0. The molecular weight excluding hydrogens is 280 g/mol. The summed E-state index contributed by atoms with van der Waals surface area (Å²) in [5.41, 5.74) is 7.83. The van der Waals surface area contributed by atoms with Crippen LogP contribution in [0.25, 0.3) is 0 Å². The standard InChI is InChI=1S/C17H26N2O3/c1-17(2,3)22-16(20)19-11-13(10-18)8-12-4-5-15-14(9-12)6-7-21-15/h4-5,9,13H,6-8,10-11,18H2,1-3H3,(H,19,20). The summed E-state index contributed by atoms with van der Waals surface area (Å²) in [5, 5.41) is 2.80. The van der Waals surface area contributed by atoms with Gasteiger partial charge in [-0.25, -0.2) is 4.79 Å². The number of nitrogens with two attached hydrogens (primary N) is 1. The second-order valence-electron chi connectivity index (χ2n) is 6.73. The van der Waals surface area contributed by atoms with Gasteiger partial charge in [0, 0.05) is 13.0 Å². The minimum atomic E-state index is -0.484. The van der Waals surface area contributed by atoms with E-state index in [0.717, 1.165) is 25.2 Å². The summed E-state index contributed by atoms with van der Waals surface area (Å²) in [5.74, 6) is 1.17. The normalized spacial score (nSPS) is 14.9. The molecule has 0 aliphatic carbocycles. The largest absolute Gasteiger partial charge is 0.493 e. The number of hydrogen-bond acceptors (Lipinski definition) is 4. The number of fused-ring (bicyclic) bond motifs is 1. The summed E-state index contributed by atoms with van der Waals surface area (Å²) in [6.45, 7) is 7.33. The van der Waals surface area contributed by atoms with E-state index in [4.69, 9.17) is 15.2 Å². The summed E-state index contributed by atoms with van der Waals surface area (Å²) < 4.78 is 10.7. The number of ether oxygens (including phenoxy) is 2. The van der Waals surface area contributed by atoms with E-state index in [1.165, 1.54) is 11.1 Å². The van der Waals surface area contributed by atoms with Crippen LogP contribution in [0.15, 0.2) is 18.2 Å². The molecule has 0 saturated carbocycles. The zero-order valence-corrected chi connectivity index (χ0v) is 13.6. The topological polar surface area (TPSA) is 73.6 Å². The summed E-state index contributed by atoms with van der Waals surface area (Å²) in [6, 6.07) is 6.27. The summed E-state index contributed by atoms with van der Waals surface area (Å²) >= 11 is 0. The highest BCUT2D eigenvalue weighted by molar-refractivity contribution is 5.67. The van der Waals surface area contributed by atoms with Gasteiger partial charge in [-0.15, -0.1) is 0 Å². The third-order valence-electron chi connectivity index (χ3n) is 3.55. The van der Waals surface area contributed by atoms with E-state index >= 15 is 0 Å². The molecule has 0 bridgehead atoms. The number of hydrogen-bond donors (Lipinski definition) is 2. The van der Waals surface area contributed by atoms with Gasteiger partial charge < -0.3 is 20.5 Å². The smallest absolute Gasteiger partial charge is 0.407 e. The molecule has 22 heavy (non-hydrogen) atoms. The Morgan fingerprint density at radius 2 is 2.23 bits per heavy atom. The van der Waals surface area contributed by atoms with Crippen LogP contribution in [-0.4, -0.2) is 31.4 Å².